The van der Waals surface area contributed by atoms with E-state index in [1.807, 2.05) is 24.3 Å². The van der Waals surface area contributed by atoms with Crippen LogP contribution < -0.4 is 10.6 Å². The minimum atomic E-state index is -0.498. The Labute approximate surface area is 150 Å². The van der Waals surface area contributed by atoms with Crippen molar-refractivity contribution in [3.63, 3.8) is 0 Å². The van der Waals surface area contributed by atoms with E-state index >= 15 is 0 Å². The molecule has 4 rings (SSSR count). The first-order valence-electron chi connectivity index (χ1n) is 7.51. The number of fused-ring (bicyclic) bond motifs is 2. The van der Waals surface area contributed by atoms with Gasteiger partial charge in [-0.3, -0.25) is 9.59 Å². The summed E-state index contributed by atoms with van der Waals surface area (Å²) in [5, 5.41) is 5.40. The molecule has 2 N–H and O–H groups in total. The second kappa shape index (κ2) is 6.45. The quantitative estimate of drug-likeness (QED) is 0.731. The molecule has 2 aromatic carbocycles. The van der Waals surface area contributed by atoms with Crippen LogP contribution in [-0.2, 0) is 9.59 Å². The van der Waals surface area contributed by atoms with Gasteiger partial charge in [0.1, 0.15) is 5.82 Å². The number of hydrogen-bond acceptors (Lipinski definition) is 5. The number of carbonyl (C=O) groups excluding carboxylic acids is 2. The first kappa shape index (κ1) is 16.0. The van der Waals surface area contributed by atoms with E-state index in [9.17, 15) is 14.0 Å². The maximum Gasteiger partial charge on any atom is 0.238 e. The maximum absolute atomic E-state index is 13.2. The van der Waals surface area contributed by atoms with Gasteiger partial charge in [-0.15, -0.1) is 11.8 Å². The summed E-state index contributed by atoms with van der Waals surface area (Å²) in [6.45, 7) is 0. The number of carbonyl (C=O) groups is 2. The van der Waals surface area contributed by atoms with E-state index < -0.39 is 5.25 Å². The molecule has 1 aliphatic rings. The minimum absolute atomic E-state index is 0.0368. The minimum Gasteiger partial charge on any atom is -0.324 e. The van der Waals surface area contributed by atoms with Gasteiger partial charge in [-0.1, -0.05) is 23.5 Å². The maximum atomic E-state index is 13.2. The van der Waals surface area contributed by atoms with E-state index in [1.165, 1.54) is 35.2 Å². The predicted molar refractivity (Wildman–Crippen MR) is 97.5 cm³/mol. The highest BCUT2D eigenvalue weighted by atomic mass is 32.2. The standard InChI is InChI=1S/C17H12FN3O2S2/c18-9-5-6-11-13(7-9)25-17(20-11)21-15(22)8-14-16(23)19-10-3-1-2-4-12(10)24-14/h1-7,14H,8H2,(H,19,23)(H,20,21,22). The summed E-state index contributed by atoms with van der Waals surface area (Å²) in [6, 6.07) is 11.8. The molecule has 25 heavy (non-hydrogen) atoms. The molecule has 0 aliphatic carbocycles. The first-order chi connectivity index (χ1) is 12.1. The Morgan fingerprint density at radius 1 is 1.28 bits per heavy atom. The number of para-hydroxylation sites is 1. The summed E-state index contributed by atoms with van der Waals surface area (Å²) < 4.78 is 13.9. The molecule has 2 heterocycles. The van der Waals surface area contributed by atoms with Crippen LogP contribution in [0.25, 0.3) is 10.2 Å². The highest BCUT2D eigenvalue weighted by Crippen LogP contribution is 2.36. The van der Waals surface area contributed by atoms with Crippen molar-refractivity contribution >= 4 is 55.9 Å². The number of aromatic nitrogens is 1. The van der Waals surface area contributed by atoms with E-state index in [-0.39, 0.29) is 24.1 Å². The lowest BCUT2D eigenvalue weighted by Crippen LogP contribution is -2.32. The van der Waals surface area contributed by atoms with Crippen LogP contribution >= 0.6 is 23.1 Å². The highest BCUT2D eigenvalue weighted by Gasteiger charge is 2.29. The van der Waals surface area contributed by atoms with Crippen molar-refractivity contribution in [2.24, 2.45) is 0 Å². The molecular formula is C17H12FN3O2S2. The van der Waals surface area contributed by atoms with Gasteiger partial charge in [-0.2, -0.15) is 0 Å². The number of rotatable bonds is 3. The van der Waals surface area contributed by atoms with Gasteiger partial charge in [-0.05, 0) is 30.3 Å². The van der Waals surface area contributed by atoms with Crippen molar-refractivity contribution < 1.29 is 14.0 Å². The van der Waals surface area contributed by atoms with Gasteiger partial charge in [0.05, 0.1) is 21.2 Å². The number of thioether (sulfide) groups is 1. The zero-order valence-electron chi connectivity index (χ0n) is 12.8. The molecule has 1 aromatic heterocycles. The lowest BCUT2D eigenvalue weighted by atomic mass is 10.2. The summed E-state index contributed by atoms with van der Waals surface area (Å²) in [5.74, 6) is -0.834. The van der Waals surface area contributed by atoms with E-state index in [4.69, 9.17) is 0 Å². The molecule has 0 fully saturated rings. The topological polar surface area (TPSA) is 71.1 Å². The Bertz CT molecular complexity index is 989. The fourth-order valence-electron chi connectivity index (χ4n) is 2.52. The normalized spacial score (nSPS) is 16.4. The van der Waals surface area contributed by atoms with Crippen LogP contribution in [0.5, 0.6) is 0 Å². The molecule has 3 aromatic rings. The number of thiazole rings is 1. The van der Waals surface area contributed by atoms with Crippen LogP contribution in [0, 0.1) is 5.82 Å². The molecule has 0 saturated carbocycles. The van der Waals surface area contributed by atoms with Gasteiger partial charge in [0.25, 0.3) is 0 Å². The van der Waals surface area contributed by atoms with Crippen LogP contribution in [-0.4, -0.2) is 22.0 Å². The third kappa shape index (κ3) is 3.35. The summed E-state index contributed by atoms with van der Waals surface area (Å²) >= 11 is 2.57. The Morgan fingerprint density at radius 3 is 3.00 bits per heavy atom. The molecular weight excluding hydrogens is 361 g/mol. The molecule has 0 bridgehead atoms. The molecule has 0 saturated heterocycles. The van der Waals surface area contributed by atoms with E-state index in [2.05, 4.69) is 15.6 Å². The van der Waals surface area contributed by atoms with Gasteiger partial charge in [0, 0.05) is 11.3 Å². The zero-order valence-corrected chi connectivity index (χ0v) is 14.4. The van der Waals surface area contributed by atoms with Crippen molar-refractivity contribution in [1.29, 1.82) is 0 Å². The highest BCUT2D eigenvalue weighted by molar-refractivity contribution is 8.01. The molecule has 8 heteroatoms. The Kier molecular flexibility index (Phi) is 4.14. The number of benzene rings is 2. The summed E-state index contributed by atoms with van der Waals surface area (Å²) in [4.78, 5) is 29.6. The van der Waals surface area contributed by atoms with Crippen LogP contribution in [0.15, 0.2) is 47.4 Å². The molecule has 0 radical (unpaired) electrons. The van der Waals surface area contributed by atoms with Crippen molar-refractivity contribution in [2.75, 3.05) is 10.6 Å². The average molecular weight is 373 g/mol. The SMILES string of the molecule is O=C(CC1Sc2ccccc2NC1=O)Nc1nc2ccc(F)cc2s1. The zero-order chi connectivity index (χ0) is 17.4. The summed E-state index contributed by atoms with van der Waals surface area (Å²) in [5.41, 5.74) is 1.39. The van der Waals surface area contributed by atoms with Crippen molar-refractivity contribution in [3.05, 3.63) is 48.3 Å². The third-order valence-electron chi connectivity index (χ3n) is 3.67. The molecule has 1 unspecified atom stereocenters. The summed E-state index contributed by atoms with van der Waals surface area (Å²) in [6.07, 6.45) is 0.0368. The fourth-order valence-corrected chi connectivity index (χ4v) is 4.53. The van der Waals surface area contributed by atoms with Crippen molar-refractivity contribution in [3.8, 4) is 0 Å². The molecule has 126 valence electrons. The number of anilines is 2. The van der Waals surface area contributed by atoms with Crippen molar-refractivity contribution in [2.45, 2.75) is 16.6 Å². The second-order valence-corrected chi connectivity index (χ2v) is 7.75. The van der Waals surface area contributed by atoms with Gasteiger partial charge < -0.3 is 10.6 Å². The van der Waals surface area contributed by atoms with Crippen LogP contribution in [0.3, 0.4) is 0 Å². The van der Waals surface area contributed by atoms with Gasteiger partial charge in [0.15, 0.2) is 5.13 Å². The lowest BCUT2D eigenvalue weighted by molar-refractivity contribution is -0.120. The predicted octanol–water partition coefficient (Wildman–Crippen LogP) is 3.88. The van der Waals surface area contributed by atoms with Gasteiger partial charge >= 0.3 is 0 Å². The first-order valence-corrected chi connectivity index (χ1v) is 9.20. The average Bonchev–Trinajstić information content (AvgIpc) is 2.96. The Balaban J connectivity index is 1.45. The number of amides is 2. The Morgan fingerprint density at radius 2 is 2.12 bits per heavy atom. The lowest BCUT2D eigenvalue weighted by Gasteiger charge is -2.23. The smallest absolute Gasteiger partial charge is 0.238 e. The van der Waals surface area contributed by atoms with E-state index in [0.717, 1.165) is 10.6 Å². The van der Waals surface area contributed by atoms with Crippen LogP contribution in [0.4, 0.5) is 15.2 Å². The second-order valence-electron chi connectivity index (χ2n) is 5.48. The van der Waals surface area contributed by atoms with Crippen LogP contribution in [0.2, 0.25) is 0 Å². The molecule has 5 nitrogen and oxygen atoms in total. The monoisotopic (exact) mass is 373 g/mol. The van der Waals surface area contributed by atoms with E-state index in [0.29, 0.717) is 15.3 Å². The molecule has 1 atom stereocenters. The number of nitrogens with zero attached hydrogens (tertiary/aromatic N) is 1. The van der Waals surface area contributed by atoms with E-state index in [1.54, 1.807) is 6.07 Å². The Hall–Kier alpha value is -2.45. The van der Waals surface area contributed by atoms with Crippen LogP contribution in [0.1, 0.15) is 6.42 Å². The molecule has 2 amide bonds. The largest absolute Gasteiger partial charge is 0.324 e. The molecule has 0 spiro atoms. The van der Waals surface area contributed by atoms with Gasteiger partial charge in [0.2, 0.25) is 11.8 Å². The number of halogens is 1. The number of hydrogen-bond donors (Lipinski definition) is 2. The fraction of sp³-hybridized carbons (Fsp3) is 0.118. The third-order valence-corrected chi connectivity index (χ3v) is 5.88. The van der Waals surface area contributed by atoms with Crippen molar-refractivity contribution in [1.82, 2.24) is 4.98 Å². The molecule has 1 aliphatic heterocycles. The number of nitrogens with one attached hydrogen (secondary N) is 2. The van der Waals surface area contributed by atoms with Gasteiger partial charge in [-0.25, -0.2) is 9.37 Å². The summed E-state index contributed by atoms with van der Waals surface area (Å²) in [7, 11) is 0.